The third-order valence-corrected chi connectivity index (χ3v) is 3.39. The number of aryl methyl sites for hydroxylation is 1. The summed E-state index contributed by atoms with van der Waals surface area (Å²) in [5.41, 5.74) is 2.46. The highest BCUT2D eigenvalue weighted by atomic mass is 32.1. The fraction of sp³-hybridized carbons (Fsp3) is 0.333. The number of rotatable bonds is 5. The molecule has 5 nitrogen and oxygen atoms in total. The van der Waals surface area contributed by atoms with Gasteiger partial charge in [0.1, 0.15) is 0 Å². The number of methoxy groups -OCH3 is 1. The zero-order chi connectivity index (χ0) is 13.1. The lowest BCUT2D eigenvalue weighted by molar-refractivity contribution is -0.136. The second kappa shape index (κ2) is 5.32. The van der Waals surface area contributed by atoms with E-state index in [1.807, 2.05) is 17.6 Å². The minimum atomic E-state index is -0.873. The van der Waals surface area contributed by atoms with Crippen molar-refractivity contribution in [3.05, 3.63) is 28.2 Å². The maximum absolute atomic E-state index is 10.8. The molecule has 0 fully saturated rings. The summed E-state index contributed by atoms with van der Waals surface area (Å²) in [7, 11) is 3.44. The summed E-state index contributed by atoms with van der Waals surface area (Å²) in [6.07, 6.45) is 1.78. The molecule has 18 heavy (non-hydrogen) atoms. The SMILES string of the molecule is COCc1cc(-c2cn(C)nc2CC(=O)O)cs1. The average Bonchev–Trinajstić information content (AvgIpc) is 2.85. The van der Waals surface area contributed by atoms with Crippen LogP contribution < -0.4 is 0 Å². The predicted octanol–water partition coefficient (Wildman–Crippen LogP) is 1.92. The van der Waals surface area contributed by atoms with E-state index in [4.69, 9.17) is 9.84 Å². The molecule has 96 valence electrons. The molecule has 0 aliphatic heterocycles. The molecule has 2 heterocycles. The monoisotopic (exact) mass is 266 g/mol. The fourth-order valence-corrected chi connectivity index (χ4v) is 2.64. The van der Waals surface area contributed by atoms with Gasteiger partial charge in [-0.25, -0.2) is 0 Å². The van der Waals surface area contributed by atoms with Gasteiger partial charge in [0.2, 0.25) is 0 Å². The molecule has 0 radical (unpaired) electrons. The summed E-state index contributed by atoms with van der Waals surface area (Å²) < 4.78 is 6.71. The number of carboxylic acid groups (broad SMARTS) is 1. The Kier molecular flexibility index (Phi) is 3.78. The van der Waals surface area contributed by atoms with Gasteiger partial charge in [-0.3, -0.25) is 9.48 Å². The summed E-state index contributed by atoms with van der Waals surface area (Å²) in [5, 5.41) is 15.1. The maximum Gasteiger partial charge on any atom is 0.309 e. The van der Waals surface area contributed by atoms with Crippen molar-refractivity contribution < 1.29 is 14.6 Å². The number of hydrogen-bond acceptors (Lipinski definition) is 4. The number of hydrogen-bond donors (Lipinski definition) is 1. The highest BCUT2D eigenvalue weighted by Crippen LogP contribution is 2.28. The second-order valence-electron chi connectivity index (χ2n) is 3.97. The van der Waals surface area contributed by atoms with Crippen molar-refractivity contribution in [1.82, 2.24) is 9.78 Å². The van der Waals surface area contributed by atoms with Gasteiger partial charge in [-0.15, -0.1) is 11.3 Å². The largest absolute Gasteiger partial charge is 0.481 e. The van der Waals surface area contributed by atoms with Crippen molar-refractivity contribution in [2.75, 3.05) is 7.11 Å². The van der Waals surface area contributed by atoms with E-state index in [0.29, 0.717) is 12.3 Å². The molecule has 0 amide bonds. The van der Waals surface area contributed by atoms with Crippen LogP contribution in [0.2, 0.25) is 0 Å². The van der Waals surface area contributed by atoms with Gasteiger partial charge in [-0.2, -0.15) is 5.10 Å². The Balaban J connectivity index is 2.33. The highest BCUT2D eigenvalue weighted by Gasteiger charge is 2.14. The molecular formula is C12H14N2O3S. The lowest BCUT2D eigenvalue weighted by atomic mass is 10.1. The second-order valence-corrected chi connectivity index (χ2v) is 4.96. The van der Waals surface area contributed by atoms with Crippen LogP contribution in [0.25, 0.3) is 11.1 Å². The Bertz CT molecular complexity index is 559. The van der Waals surface area contributed by atoms with Crippen LogP contribution in [-0.2, 0) is 29.6 Å². The summed E-state index contributed by atoms with van der Waals surface area (Å²) in [6.45, 7) is 0.569. The third kappa shape index (κ3) is 2.77. The normalized spacial score (nSPS) is 10.8. The number of carbonyl (C=O) groups is 1. The number of carboxylic acids is 1. The van der Waals surface area contributed by atoms with Gasteiger partial charge >= 0.3 is 5.97 Å². The zero-order valence-corrected chi connectivity index (χ0v) is 11.0. The van der Waals surface area contributed by atoms with Crippen LogP contribution in [0.5, 0.6) is 0 Å². The smallest absolute Gasteiger partial charge is 0.309 e. The predicted molar refractivity (Wildman–Crippen MR) is 68.6 cm³/mol. The lowest BCUT2D eigenvalue weighted by Gasteiger charge is -1.96. The fourth-order valence-electron chi connectivity index (χ4n) is 1.79. The summed E-state index contributed by atoms with van der Waals surface area (Å²) >= 11 is 1.60. The van der Waals surface area contributed by atoms with Crippen LogP contribution in [0.15, 0.2) is 17.6 Å². The van der Waals surface area contributed by atoms with Crippen LogP contribution >= 0.6 is 11.3 Å². The topological polar surface area (TPSA) is 64.4 Å². The highest BCUT2D eigenvalue weighted by molar-refractivity contribution is 7.10. The van der Waals surface area contributed by atoms with Crippen LogP contribution in [0.1, 0.15) is 10.6 Å². The van der Waals surface area contributed by atoms with Crippen molar-refractivity contribution in [1.29, 1.82) is 0 Å². The van der Waals surface area contributed by atoms with E-state index in [1.54, 1.807) is 30.2 Å². The standard InChI is InChI=1S/C12H14N2O3S/c1-14-5-10(11(13-14)4-12(15)16)8-3-9(6-17-2)18-7-8/h3,5,7H,4,6H2,1-2H3,(H,15,16). The Morgan fingerprint density at radius 1 is 1.61 bits per heavy atom. The Hall–Kier alpha value is -1.66. The Morgan fingerprint density at radius 3 is 3.06 bits per heavy atom. The van der Waals surface area contributed by atoms with E-state index in [0.717, 1.165) is 16.0 Å². The van der Waals surface area contributed by atoms with E-state index >= 15 is 0 Å². The third-order valence-electron chi connectivity index (χ3n) is 2.48. The van der Waals surface area contributed by atoms with Gasteiger partial charge in [0, 0.05) is 30.8 Å². The quantitative estimate of drug-likeness (QED) is 0.898. The summed E-state index contributed by atoms with van der Waals surface area (Å²) in [4.78, 5) is 11.9. The van der Waals surface area contributed by atoms with Gasteiger partial charge in [0.15, 0.2) is 0 Å². The molecule has 0 aliphatic rings. The minimum Gasteiger partial charge on any atom is -0.481 e. The molecule has 0 spiro atoms. The van der Waals surface area contributed by atoms with Crippen molar-refractivity contribution in [2.45, 2.75) is 13.0 Å². The van der Waals surface area contributed by atoms with Gasteiger partial charge in [-0.1, -0.05) is 0 Å². The molecule has 0 saturated carbocycles. The maximum atomic E-state index is 10.8. The van der Waals surface area contributed by atoms with Crippen molar-refractivity contribution in [2.24, 2.45) is 7.05 Å². The Morgan fingerprint density at radius 2 is 2.39 bits per heavy atom. The molecule has 0 saturated heterocycles. The van der Waals surface area contributed by atoms with Gasteiger partial charge < -0.3 is 9.84 Å². The number of aliphatic carboxylic acids is 1. The molecule has 2 aromatic rings. The molecule has 6 heteroatoms. The molecule has 0 aromatic carbocycles. The molecule has 0 unspecified atom stereocenters. The molecule has 2 rings (SSSR count). The van der Waals surface area contributed by atoms with Crippen LogP contribution in [0, 0.1) is 0 Å². The van der Waals surface area contributed by atoms with Crippen molar-refractivity contribution in [3.63, 3.8) is 0 Å². The van der Waals surface area contributed by atoms with E-state index in [1.165, 1.54) is 0 Å². The van der Waals surface area contributed by atoms with E-state index in [-0.39, 0.29) is 6.42 Å². The first kappa shape index (κ1) is 12.8. The van der Waals surface area contributed by atoms with Crippen LogP contribution in [0.4, 0.5) is 0 Å². The first-order chi connectivity index (χ1) is 8.60. The van der Waals surface area contributed by atoms with Gasteiger partial charge in [-0.05, 0) is 17.0 Å². The van der Waals surface area contributed by atoms with Gasteiger partial charge in [0.05, 0.1) is 18.7 Å². The minimum absolute atomic E-state index is 0.0639. The van der Waals surface area contributed by atoms with E-state index in [9.17, 15) is 4.79 Å². The van der Waals surface area contributed by atoms with Crippen LogP contribution in [0.3, 0.4) is 0 Å². The molecule has 0 aliphatic carbocycles. The van der Waals surface area contributed by atoms with E-state index < -0.39 is 5.97 Å². The lowest BCUT2D eigenvalue weighted by Crippen LogP contribution is -2.02. The van der Waals surface area contributed by atoms with Crippen molar-refractivity contribution >= 4 is 17.3 Å². The average molecular weight is 266 g/mol. The number of nitrogens with zero attached hydrogens (tertiary/aromatic N) is 2. The molecule has 2 aromatic heterocycles. The molecule has 0 bridgehead atoms. The number of thiophene rings is 1. The van der Waals surface area contributed by atoms with Crippen molar-refractivity contribution in [3.8, 4) is 11.1 Å². The van der Waals surface area contributed by atoms with Gasteiger partial charge in [0.25, 0.3) is 0 Å². The number of ether oxygens (including phenoxy) is 1. The zero-order valence-electron chi connectivity index (χ0n) is 10.2. The first-order valence-electron chi connectivity index (χ1n) is 5.41. The van der Waals surface area contributed by atoms with E-state index in [2.05, 4.69) is 5.10 Å². The molecule has 0 atom stereocenters. The Labute approximate surface area is 109 Å². The molecule has 1 N–H and O–H groups in total. The number of aromatic nitrogens is 2. The summed E-state index contributed by atoms with van der Waals surface area (Å²) in [6, 6.07) is 2.01. The molecular weight excluding hydrogens is 252 g/mol. The summed E-state index contributed by atoms with van der Waals surface area (Å²) in [5.74, 6) is -0.873. The first-order valence-corrected chi connectivity index (χ1v) is 6.29. The van der Waals surface area contributed by atoms with Crippen LogP contribution in [-0.4, -0.2) is 28.0 Å².